The van der Waals surface area contributed by atoms with E-state index in [-0.39, 0.29) is 0 Å². The molecule has 114 valence electrons. The molecule has 1 aliphatic rings. The van der Waals surface area contributed by atoms with E-state index < -0.39 is 0 Å². The van der Waals surface area contributed by atoms with Crippen LogP contribution in [0.5, 0.6) is 0 Å². The summed E-state index contributed by atoms with van der Waals surface area (Å²) >= 11 is 0. The maximum Gasteiger partial charge on any atom is 0.113 e. The number of unbranched alkanes of at least 4 members (excludes halogenated alkanes) is 2. The average molecular weight is 283 g/mol. The Hall–Kier alpha value is -1.29. The summed E-state index contributed by atoms with van der Waals surface area (Å²) < 4.78 is 0. The summed E-state index contributed by atoms with van der Waals surface area (Å²) in [5, 5.41) is 0. The van der Waals surface area contributed by atoms with Crippen molar-refractivity contribution in [1.29, 1.82) is 0 Å². The minimum absolute atomic E-state index is 0.481. The van der Waals surface area contributed by atoms with Crippen molar-refractivity contribution in [3.05, 3.63) is 29.6 Å². The van der Waals surface area contributed by atoms with Crippen molar-refractivity contribution in [3.63, 3.8) is 0 Å². The topological polar surface area (TPSA) is 12.9 Å². The highest BCUT2D eigenvalue weighted by Crippen LogP contribution is 2.35. The minimum Gasteiger partial charge on any atom is -0.248 e. The number of aromatic nitrogens is 1. The van der Waals surface area contributed by atoms with Crippen molar-refractivity contribution >= 4 is 0 Å². The second-order valence-corrected chi connectivity index (χ2v) is 6.86. The van der Waals surface area contributed by atoms with Gasteiger partial charge < -0.3 is 0 Å². The van der Waals surface area contributed by atoms with Gasteiger partial charge in [-0.2, -0.15) is 0 Å². The molecule has 1 atom stereocenters. The molecule has 2 rings (SSSR count). The fraction of sp³-hybridized carbons (Fsp3) is 0.650. The summed E-state index contributed by atoms with van der Waals surface area (Å²) in [6.07, 6.45) is 11.1. The molecule has 1 aromatic rings. The Morgan fingerprint density at radius 1 is 1.29 bits per heavy atom. The van der Waals surface area contributed by atoms with Gasteiger partial charge in [0.05, 0.1) is 0 Å². The zero-order valence-corrected chi connectivity index (χ0v) is 13.9. The van der Waals surface area contributed by atoms with Gasteiger partial charge in [-0.25, -0.2) is 4.98 Å². The molecule has 21 heavy (non-hydrogen) atoms. The molecule has 0 aliphatic heterocycles. The van der Waals surface area contributed by atoms with Crippen molar-refractivity contribution in [2.45, 2.75) is 65.7 Å². The van der Waals surface area contributed by atoms with Crippen molar-refractivity contribution in [1.82, 2.24) is 4.98 Å². The molecular formula is C20H29N. The number of rotatable bonds is 6. The highest BCUT2D eigenvalue weighted by Gasteiger charge is 2.25. The van der Waals surface area contributed by atoms with E-state index in [1.807, 2.05) is 6.20 Å². The van der Waals surface area contributed by atoms with Crippen LogP contribution < -0.4 is 0 Å². The van der Waals surface area contributed by atoms with Gasteiger partial charge in [0.1, 0.15) is 5.69 Å². The van der Waals surface area contributed by atoms with Crippen LogP contribution in [-0.2, 0) is 6.42 Å². The first-order valence-corrected chi connectivity index (χ1v) is 8.63. The molecule has 1 heterocycles. The first-order chi connectivity index (χ1) is 10.2. The Kier molecular flexibility index (Phi) is 6.30. The number of hydrogen-bond donors (Lipinski definition) is 0. The van der Waals surface area contributed by atoms with E-state index in [1.165, 1.54) is 50.5 Å². The molecule has 0 bridgehead atoms. The van der Waals surface area contributed by atoms with E-state index in [0.717, 1.165) is 17.5 Å². The molecule has 1 aliphatic carbocycles. The molecule has 0 aromatic carbocycles. The molecule has 1 unspecified atom stereocenters. The molecule has 1 aromatic heterocycles. The predicted octanol–water partition coefficient (Wildman–Crippen LogP) is 5.24. The summed E-state index contributed by atoms with van der Waals surface area (Å²) in [7, 11) is 0. The summed E-state index contributed by atoms with van der Waals surface area (Å²) in [6, 6.07) is 4.30. The quantitative estimate of drug-likeness (QED) is 0.514. The van der Waals surface area contributed by atoms with Crippen LogP contribution in [-0.4, -0.2) is 4.98 Å². The Bertz CT molecular complexity index is 471. The molecule has 1 nitrogen and oxygen atoms in total. The predicted molar refractivity (Wildman–Crippen MR) is 90.0 cm³/mol. The van der Waals surface area contributed by atoms with Gasteiger partial charge in [-0.1, -0.05) is 52.0 Å². The molecule has 0 radical (unpaired) electrons. The molecule has 1 fully saturated rings. The number of nitrogens with zero attached hydrogens (tertiary/aromatic N) is 1. The van der Waals surface area contributed by atoms with E-state index in [2.05, 4.69) is 49.7 Å². The van der Waals surface area contributed by atoms with E-state index in [0.29, 0.717) is 5.92 Å². The second kappa shape index (κ2) is 8.23. The smallest absolute Gasteiger partial charge is 0.113 e. The van der Waals surface area contributed by atoms with Crippen molar-refractivity contribution in [3.8, 4) is 11.8 Å². The van der Waals surface area contributed by atoms with E-state index >= 15 is 0 Å². The molecule has 0 spiro atoms. The van der Waals surface area contributed by atoms with Crippen LogP contribution in [0.3, 0.4) is 0 Å². The third kappa shape index (κ3) is 5.54. The summed E-state index contributed by atoms with van der Waals surface area (Å²) in [6.45, 7) is 6.80. The lowest BCUT2D eigenvalue weighted by atomic mass is 9.73. The van der Waals surface area contributed by atoms with Crippen LogP contribution in [0.1, 0.15) is 70.6 Å². The second-order valence-electron chi connectivity index (χ2n) is 6.86. The number of pyridine rings is 1. The first-order valence-electron chi connectivity index (χ1n) is 8.63. The molecule has 1 saturated carbocycles. The summed E-state index contributed by atoms with van der Waals surface area (Å²) in [5.74, 6) is 8.86. The van der Waals surface area contributed by atoms with Gasteiger partial charge in [0, 0.05) is 12.1 Å². The number of hydrogen-bond acceptors (Lipinski definition) is 1. The molecule has 1 heteroatoms. The monoisotopic (exact) mass is 283 g/mol. The zero-order chi connectivity index (χ0) is 15.1. The summed E-state index contributed by atoms with van der Waals surface area (Å²) in [5.41, 5.74) is 2.29. The Morgan fingerprint density at radius 2 is 2.10 bits per heavy atom. The lowest BCUT2D eigenvalue weighted by molar-refractivity contribution is 0.211. The van der Waals surface area contributed by atoms with Gasteiger partial charge in [-0.15, -0.1) is 0 Å². The maximum atomic E-state index is 4.50. The van der Waals surface area contributed by atoms with Crippen LogP contribution in [0.25, 0.3) is 0 Å². The largest absolute Gasteiger partial charge is 0.248 e. The van der Waals surface area contributed by atoms with Crippen LogP contribution in [0.2, 0.25) is 0 Å². The van der Waals surface area contributed by atoms with E-state index in [4.69, 9.17) is 0 Å². The standard InChI is InChI=1S/C20H29N/c1-4-5-6-7-16(2)8-10-20-11-9-18(15-21-20)14-19-12-17(3)13-19/h9,11,15-17,19H,4-7,12-14H2,1-3H3. The zero-order valence-electron chi connectivity index (χ0n) is 13.9. The highest BCUT2D eigenvalue weighted by atomic mass is 14.7. The van der Waals surface area contributed by atoms with Gasteiger partial charge in [-0.05, 0) is 55.1 Å². The van der Waals surface area contributed by atoms with Gasteiger partial charge in [-0.3, -0.25) is 0 Å². The third-order valence-corrected chi connectivity index (χ3v) is 4.51. The Balaban J connectivity index is 1.79. The lowest BCUT2D eigenvalue weighted by Gasteiger charge is -2.32. The molecular weight excluding hydrogens is 254 g/mol. The highest BCUT2D eigenvalue weighted by molar-refractivity contribution is 5.29. The van der Waals surface area contributed by atoms with Gasteiger partial charge in [0.15, 0.2) is 0 Å². The maximum absolute atomic E-state index is 4.50. The molecule has 0 amide bonds. The van der Waals surface area contributed by atoms with Gasteiger partial charge >= 0.3 is 0 Å². The normalized spacial score (nSPS) is 22.0. The van der Waals surface area contributed by atoms with Crippen molar-refractivity contribution in [2.75, 3.05) is 0 Å². The Morgan fingerprint density at radius 3 is 2.71 bits per heavy atom. The lowest BCUT2D eigenvalue weighted by Crippen LogP contribution is -2.22. The van der Waals surface area contributed by atoms with E-state index in [9.17, 15) is 0 Å². The fourth-order valence-corrected chi connectivity index (χ4v) is 3.16. The third-order valence-electron chi connectivity index (χ3n) is 4.51. The van der Waals surface area contributed by atoms with E-state index in [1.54, 1.807) is 0 Å². The first kappa shape index (κ1) is 16.1. The Labute approximate surface area is 130 Å². The average Bonchev–Trinajstić information content (AvgIpc) is 2.45. The molecule has 0 N–H and O–H groups in total. The van der Waals surface area contributed by atoms with Gasteiger partial charge in [0.25, 0.3) is 0 Å². The molecule has 0 saturated heterocycles. The van der Waals surface area contributed by atoms with Crippen LogP contribution >= 0.6 is 0 Å². The SMILES string of the molecule is CCCCCC(C)C#Cc1ccc(CC2CC(C)C2)cn1. The minimum atomic E-state index is 0.481. The van der Waals surface area contributed by atoms with Crippen LogP contribution in [0, 0.1) is 29.6 Å². The van der Waals surface area contributed by atoms with Crippen molar-refractivity contribution in [2.24, 2.45) is 17.8 Å². The van der Waals surface area contributed by atoms with Crippen molar-refractivity contribution < 1.29 is 0 Å². The fourth-order valence-electron chi connectivity index (χ4n) is 3.16. The van der Waals surface area contributed by atoms with Crippen LogP contribution in [0.15, 0.2) is 18.3 Å². The van der Waals surface area contributed by atoms with Crippen LogP contribution in [0.4, 0.5) is 0 Å². The van der Waals surface area contributed by atoms with Gasteiger partial charge in [0.2, 0.25) is 0 Å². The summed E-state index contributed by atoms with van der Waals surface area (Å²) in [4.78, 5) is 4.50.